The lowest BCUT2D eigenvalue weighted by Crippen LogP contribution is -2.22. The molecule has 0 aliphatic carbocycles. The average Bonchev–Trinajstić information content (AvgIpc) is 2.78. The Kier molecular flexibility index (Phi) is 4.21. The van der Waals surface area contributed by atoms with Crippen LogP contribution >= 0.6 is 11.8 Å². The first-order valence-electron chi connectivity index (χ1n) is 5.94. The molecule has 0 unspecified atom stereocenters. The smallest absolute Gasteiger partial charge is 0.237 e. The highest BCUT2D eigenvalue weighted by Crippen LogP contribution is 2.21. The van der Waals surface area contributed by atoms with Gasteiger partial charge in [-0.05, 0) is 26.0 Å². The number of nitrogens with zero attached hydrogens (tertiary/aromatic N) is 3. The number of carbonyl (C=O) groups is 1. The van der Waals surface area contributed by atoms with Crippen molar-refractivity contribution in [3.8, 4) is 0 Å². The molecule has 0 aliphatic heterocycles. The van der Waals surface area contributed by atoms with Crippen LogP contribution in [0.4, 0.5) is 5.69 Å². The normalized spacial score (nSPS) is 12.2. The molecule has 1 atom stereocenters. The first-order chi connectivity index (χ1) is 9.06. The molecule has 6 heteroatoms. The third kappa shape index (κ3) is 3.57. The van der Waals surface area contributed by atoms with Crippen molar-refractivity contribution < 1.29 is 4.79 Å². The van der Waals surface area contributed by atoms with E-state index in [0.29, 0.717) is 0 Å². The largest absolute Gasteiger partial charge is 0.325 e. The van der Waals surface area contributed by atoms with Crippen molar-refractivity contribution >= 4 is 23.4 Å². The lowest BCUT2D eigenvalue weighted by molar-refractivity contribution is -0.115. The van der Waals surface area contributed by atoms with Gasteiger partial charge in [-0.1, -0.05) is 29.5 Å². The summed E-state index contributed by atoms with van der Waals surface area (Å²) in [6.45, 7) is 3.86. The quantitative estimate of drug-likeness (QED) is 0.870. The first-order valence-corrected chi connectivity index (χ1v) is 6.82. The zero-order valence-corrected chi connectivity index (χ0v) is 11.9. The molecule has 0 fully saturated rings. The maximum Gasteiger partial charge on any atom is 0.237 e. The fourth-order valence-corrected chi connectivity index (χ4v) is 2.26. The van der Waals surface area contributed by atoms with E-state index in [1.165, 1.54) is 17.3 Å². The molecule has 100 valence electrons. The number of nitrogens with one attached hydrogen (secondary N) is 1. The van der Waals surface area contributed by atoms with Gasteiger partial charge in [0, 0.05) is 12.7 Å². The third-order valence-electron chi connectivity index (χ3n) is 2.64. The van der Waals surface area contributed by atoms with Gasteiger partial charge in [0.05, 0.1) is 5.25 Å². The number of hydrogen-bond acceptors (Lipinski definition) is 4. The van der Waals surface area contributed by atoms with E-state index in [1.54, 1.807) is 10.9 Å². The minimum absolute atomic E-state index is 0.0446. The number of carbonyl (C=O) groups excluding carboxylic acids is 1. The Bertz CT molecular complexity index is 564. The van der Waals surface area contributed by atoms with Crippen LogP contribution in [-0.2, 0) is 11.8 Å². The fraction of sp³-hybridized carbons (Fsp3) is 0.308. The Labute approximate surface area is 116 Å². The van der Waals surface area contributed by atoms with Gasteiger partial charge in [-0.3, -0.25) is 4.79 Å². The third-order valence-corrected chi connectivity index (χ3v) is 3.79. The van der Waals surface area contributed by atoms with E-state index in [-0.39, 0.29) is 11.2 Å². The molecule has 0 saturated heterocycles. The second-order valence-electron chi connectivity index (χ2n) is 4.34. The molecule has 2 aromatic rings. The Hall–Kier alpha value is -1.82. The molecule has 0 aliphatic rings. The number of amides is 1. The molecule has 2 rings (SSSR count). The van der Waals surface area contributed by atoms with Crippen LogP contribution in [0.15, 0.2) is 35.7 Å². The highest BCUT2D eigenvalue weighted by molar-refractivity contribution is 8.00. The Morgan fingerprint density at radius 3 is 2.63 bits per heavy atom. The van der Waals surface area contributed by atoms with E-state index < -0.39 is 0 Å². The van der Waals surface area contributed by atoms with Crippen LogP contribution in [-0.4, -0.2) is 25.9 Å². The standard InChI is InChI=1S/C13H16N4OS/c1-9-4-6-11(7-5-9)15-12(18)10(2)19-13-16-14-8-17(13)3/h4-8,10H,1-3H3,(H,15,18)/t10-/m1/s1. The van der Waals surface area contributed by atoms with Gasteiger partial charge in [0.1, 0.15) is 6.33 Å². The highest BCUT2D eigenvalue weighted by Gasteiger charge is 2.17. The molecular weight excluding hydrogens is 260 g/mol. The first kappa shape index (κ1) is 13.6. The van der Waals surface area contributed by atoms with Crippen molar-refractivity contribution in [1.29, 1.82) is 0 Å². The number of benzene rings is 1. The maximum atomic E-state index is 12.0. The molecule has 1 N–H and O–H groups in total. The van der Waals surface area contributed by atoms with E-state index in [2.05, 4.69) is 15.5 Å². The number of anilines is 1. The molecule has 5 nitrogen and oxygen atoms in total. The summed E-state index contributed by atoms with van der Waals surface area (Å²) in [6.07, 6.45) is 1.62. The van der Waals surface area contributed by atoms with Crippen molar-refractivity contribution in [2.75, 3.05) is 5.32 Å². The molecule has 1 heterocycles. The van der Waals surface area contributed by atoms with E-state index >= 15 is 0 Å². The van der Waals surface area contributed by atoms with Gasteiger partial charge in [0.25, 0.3) is 0 Å². The van der Waals surface area contributed by atoms with Crippen LogP contribution in [0.5, 0.6) is 0 Å². The molecular formula is C13H16N4OS. The van der Waals surface area contributed by atoms with Gasteiger partial charge in [-0.25, -0.2) is 0 Å². The summed E-state index contributed by atoms with van der Waals surface area (Å²) in [5, 5.41) is 11.1. The van der Waals surface area contributed by atoms with Gasteiger partial charge in [-0.15, -0.1) is 10.2 Å². The molecule has 0 radical (unpaired) electrons. The van der Waals surface area contributed by atoms with Crippen molar-refractivity contribution in [2.24, 2.45) is 7.05 Å². The summed E-state index contributed by atoms with van der Waals surface area (Å²) in [6, 6.07) is 7.73. The summed E-state index contributed by atoms with van der Waals surface area (Å²) in [5.74, 6) is -0.0446. The molecule has 1 amide bonds. The molecule has 1 aromatic carbocycles. The van der Waals surface area contributed by atoms with Crippen LogP contribution in [0.3, 0.4) is 0 Å². The van der Waals surface area contributed by atoms with Crippen molar-refractivity contribution in [3.05, 3.63) is 36.2 Å². The summed E-state index contributed by atoms with van der Waals surface area (Å²) >= 11 is 1.38. The van der Waals surface area contributed by atoms with Crippen molar-refractivity contribution in [2.45, 2.75) is 24.3 Å². The summed E-state index contributed by atoms with van der Waals surface area (Å²) in [4.78, 5) is 12.0. The molecule has 0 spiro atoms. The second-order valence-corrected chi connectivity index (χ2v) is 5.65. The Morgan fingerprint density at radius 2 is 2.05 bits per heavy atom. The van der Waals surface area contributed by atoms with Crippen LogP contribution in [0.1, 0.15) is 12.5 Å². The lowest BCUT2D eigenvalue weighted by Gasteiger charge is -2.11. The zero-order chi connectivity index (χ0) is 13.8. The predicted molar refractivity (Wildman–Crippen MR) is 76.1 cm³/mol. The van der Waals surface area contributed by atoms with Gasteiger partial charge >= 0.3 is 0 Å². The van der Waals surface area contributed by atoms with E-state index in [1.807, 2.05) is 45.2 Å². The van der Waals surface area contributed by atoms with Crippen LogP contribution in [0.25, 0.3) is 0 Å². The lowest BCUT2D eigenvalue weighted by atomic mass is 10.2. The van der Waals surface area contributed by atoms with Crippen molar-refractivity contribution in [1.82, 2.24) is 14.8 Å². The topological polar surface area (TPSA) is 59.8 Å². The molecule has 0 saturated carbocycles. The number of aromatic nitrogens is 3. The maximum absolute atomic E-state index is 12.0. The van der Waals surface area contributed by atoms with Gasteiger partial charge in [0.15, 0.2) is 5.16 Å². The Morgan fingerprint density at radius 1 is 1.37 bits per heavy atom. The minimum Gasteiger partial charge on any atom is -0.325 e. The van der Waals surface area contributed by atoms with Gasteiger partial charge in [-0.2, -0.15) is 0 Å². The molecule has 1 aromatic heterocycles. The summed E-state index contributed by atoms with van der Waals surface area (Å²) < 4.78 is 1.79. The van der Waals surface area contributed by atoms with E-state index in [0.717, 1.165) is 10.8 Å². The second kappa shape index (κ2) is 5.88. The number of hydrogen-bond donors (Lipinski definition) is 1. The van der Waals surface area contributed by atoms with Crippen LogP contribution < -0.4 is 5.32 Å². The predicted octanol–water partition coefficient (Wildman–Crippen LogP) is 2.24. The van der Waals surface area contributed by atoms with Crippen LogP contribution in [0.2, 0.25) is 0 Å². The van der Waals surface area contributed by atoms with E-state index in [9.17, 15) is 4.79 Å². The van der Waals surface area contributed by atoms with Crippen LogP contribution in [0, 0.1) is 6.92 Å². The minimum atomic E-state index is -0.232. The summed E-state index contributed by atoms with van der Waals surface area (Å²) in [7, 11) is 1.85. The van der Waals surface area contributed by atoms with E-state index in [4.69, 9.17) is 0 Å². The monoisotopic (exact) mass is 276 g/mol. The van der Waals surface area contributed by atoms with Crippen molar-refractivity contribution in [3.63, 3.8) is 0 Å². The fourth-order valence-electron chi connectivity index (χ4n) is 1.47. The average molecular weight is 276 g/mol. The summed E-state index contributed by atoms with van der Waals surface area (Å²) in [5.41, 5.74) is 1.97. The zero-order valence-electron chi connectivity index (χ0n) is 11.1. The highest BCUT2D eigenvalue weighted by atomic mass is 32.2. The number of rotatable bonds is 4. The number of thioether (sulfide) groups is 1. The molecule has 0 bridgehead atoms. The number of aryl methyl sites for hydroxylation is 2. The SMILES string of the molecule is Cc1ccc(NC(=O)[C@@H](C)Sc2nncn2C)cc1. The Balaban J connectivity index is 1.96. The van der Waals surface area contributed by atoms with Gasteiger partial charge < -0.3 is 9.88 Å². The molecule has 19 heavy (non-hydrogen) atoms. The van der Waals surface area contributed by atoms with Gasteiger partial charge in [0.2, 0.25) is 5.91 Å².